The number of unbranched alkanes of at least 4 members (excludes halogenated alkanes) is 1. The van der Waals surface area contributed by atoms with Gasteiger partial charge >= 0.3 is 0 Å². The van der Waals surface area contributed by atoms with Crippen LogP contribution in [0.15, 0.2) is 0 Å². The van der Waals surface area contributed by atoms with E-state index < -0.39 is 10.1 Å². The van der Waals surface area contributed by atoms with Gasteiger partial charge in [-0.2, -0.15) is 8.42 Å². The van der Waals surface area contributed by atoms with Gasteiger partial charge in [-0.1, -0.05) is 13.8 Å². The third-order valence-electron chi connectivity index (χ3n) is 3.72. The van der Waals surface area contributed by atoms with E-state index in [2.05, 4.69) is 19.4 Å². The Labute approximate surface area is 129 Å². The van der Waals surface area contributed by atoms with Gasteiger partial charge in [0.15, 0.2) is 0 Å². The number of amides is 1. The quantitative estimate of drug-likeness (QED) is 0.341. The minimum atomic E-state index is -3.84. The summed E-state index contributed by atoms with van der Waals surface area (Å²) in [5, 5.41) is 2.93. The van der Waals surface area contributed by atoms with E-state index in [1.807, 2.05) is 13.8 Å². The maximum absolute atomic E-state index is 11.6. The lowest BCUT2D eigenvalue weighted by molar-refractivity contribution is -0.890. The van der Waals surface area contributed by atoms with Crippen LogP contribution in [0.3, 0.4) is 0 Å². The van der Waals surface area contributed by atoms with Crippen molar-refractivity contribution in [3.05, 3.63) is 0 Å². The summed E-state index contributed by atoms with van der Waals surface area (Å²) in [6.45, 7) is 6.37. The Kier molecular flexibility index (Phi) is 9.08. The molecule has 0 aromatic carbocycles. The average molecular weight is 323 g/mol. The fourth-order valence-electron chi connectivity index (χ4n) is 2.01. The highest BCUT2D eigenvalue weighted by molar-refractivity contribution is 7.85. The second-order valence-corrected chi connectivity index (χ2v) is 7.90. The molecule has 1 amide bonds. The van der Waals surface area contributed by atoms with Gasteiger partial charge in [-0.05, 0) is 19.3 Å². The molecule has 2 N–H and O–H groups in total. The van der Waals surface area contributed by atoms with Crippen LogP contribution < -0.4 is 5.32 Å². The van der Waals surface area contributed by atoms with E-state index in [0.29, 0.717) is 13.0 Å². The largest absolute Gasteiger partial charge is 0.356 e. The van der Waals surface area contributed by atoms with E-state index in [1.165, 1.54) is 0 Å². The number of rotatable bonds is 11. The van der Waals surface area contributed by atoms with Crippen molar-refractivity contribution in [1.29, 1.82) is 0 Å². The van der Waals surface area contributed by atoms with Crippen molar-refractivity contribution in [2.24, 2.45) is 5.92 Å². The van der Waals surface area contributed by atoms with Gasteiger partial charge in [-0.15, -0.1) is 0 Å². The van der Waals surface area contributed by atoms with Gasteiger partial charge in [0.25, 0.3) is 10.1 Å². The average Bonchev–Trinajstić information content (AvgIpc) is 2.37. The lowest BCUT2D eigenvalue weighted by Crippen LogP contribution is -2.42. The highest BCUT2D eigenvalue weighted by Crippen LogP contribution is 2.05. The number of carbonyl (C=O) groups is 1. The van der Waals surface area contributed by atoms with E-state index in [-0.39, 0.29) is 17.6 Å². The zero-order valence-electron chi connectivity index (χ0n) is 13.8. The summed E-state index contributed by atoms with van der Waals surface area (Å²) in [7, 11) is 0.337. The number of hydrogen-bond donors (Lipinski definition) is 2. The Morgan fingerprint density at radius 3 is 2.29 bits per heavy atom. The van der Waals surface area contributed by atoms with Gasteiger partial charge in [-0.3, -0.25) is 9.35 Å². The summed E-state index contributed by atoms with van der Waals surface area (Å²) < 4.78 is 30.7. The zero-order chi connectivity index (χ0) is 16.5. The van der Waals surface area contributed by atoms with E-state index in [0.717, 1.165) is 36.8 Å². The van der Waals surface area contributed by atoms with Gasteiger partial charge in [-0.25, -0.2) is 0 Å². The fourth-order valence-corrected chi connectivity index (χ4v) is 2.58. The van der Waals surface area contributed by atoms with Crippen LogP contribution in [-0.4, -0.2) is 62.8 Å². The molecule has 126 valence electrons. The standard InChI is InChI=1S/C14H30N2O4S/c1-5-13(2)14(17)15-9-8-11-16(3,4)10-6-7-12-21(18,19)20/h13H,5-12H2,1-4H3,(H-,15,17,18,19,20)/p+1. The van der Waals surface area contributed by atoms with Crippen LogP contribution >= 0.6 is 0 Å². The number of nitrogens with zero attached hydrogens (tertiary/aromatic N) is 1. The van der Waals surface area contributed by atoms with E-state index in [9.17, 15) is 13.2 Å². The SMILES string of the molecule is CCC(C)C(=O)NCCC[N+](C)(C)CCCCS(=O)(=O)O. The first-order valence-corrected chi connectivity index (χ1v) is 9.23. The van der Waals surface area contributed by atoms with Crippen molar-refractivity contribution in [2.75, 3.05) is 39.5 Å². The Hall–Kier alpha value is -0.660. The van der Waals surface area contributed by atoms with E-state index >= 15 is 0 Å². The molecule has 0 rings (SSSR count). The third-order valence-corrected chi connectivity index (χ3v) is 4.52. The summed E-state index contributed by atoms with van der Waals surface area (Å²) >= 11 is 0. The first-order valence-electron chi connectivity index (χ1n) is 7.62. The molecular weight excluding hydrogens is 292 g/mol. The topological polar surface area (TPSA) is 83.5 Å². The van der Waals surface area contributed by atoms with Crippen LogP contribution in [0.2, 0.25) is 0 Å². The Morgan fingerprint density at radius 1 is 1.19 bits per heavy atom. The molecule has 0 saturated heterocycles. The Balaban J connectivity index is 3.80. The predicted molar refractivity (Wildman–Crippen MR) is 84.6 cm³/mol. The van der Waals surface area contributed by atoms with Crippen molar-refractivity contribution in [3.8, 4) is 0 Å². The second kappa shape index (κ2) is 9.38. The summed E-state index contributed by atoms with van der Waals surface area (Å²) in [5.41, 5.74) is 0. The molecule has 0 fully saturated rings. The Morgan fingerprint density at radius 2 is 1.76 bits per heavy atom. The number of nitrogens with one attached hydrogen (secondary N) is 1. The molecule has 0 spiro atoms. The first kappa shape index (κ1) is 20.3. The molecular formula is C14H31N2O4S+. The highest BCUT2D eigenvalue weighted by atomic mass is 32.2. The highest BCUT2D eigenvalue weighted by Gasteiger charge is 2.16. The lowest BCUT2D eigenvalue weighted by Gasteiger charge is -2.30. The number of hydrogen-bond acceptors (Lipinski definition) is 3. The zero-order valence-corrected chi connectivity index (χ0v) is 14.6. The molecule has 1 unspecified atom stereocenters. The molecule has 0 radical (unpaired) electrons. The summed E-state index contributed by atoms with van der Waals surface area (Å²) in [6, 6.07) is 0. The van der Waals surface area contributed by atoms with Crippen LogP contribution in [0, 0.1) is 5.92 Å². The van der Waals surface area contributed by atoms with Crippen LogP contribution in [-0.2, 0) is 14.9 Å². The maximum Gasteiger partial charge on any atom is 0.264 e. The lowest BCUT2D eigenvalue weighted by atomic mass is 10.1. The number of carbonyl (C=O) groups excluding carboxylic acids is 1. The fraction of sp³-hybridized carbons (Fsp3) is 0.929. The van der Waals surface area contributed by atoms with Crippen LogP contribution in [0.4, 0.5) is 0 Å². The molecule has 0 bridgehead atoms. The van der Waals surface area contributed by atoms with Gasteiger partial charge < -0.3 is 9.80 Å². The van der Waals surface area contributed by atoms with Crippen LogP contribution in [0.5, 0.6) is 0 Å². The van der Waals surface area contributed by atoms with E-state index in [4.69, 9.17) is 4.55 Å². The minimum Gasteiger partial charge on any atom is -0.356 e. The van der Waals surface area contributed by atoms with Crippen molar-refractivity contribution >= 4 is 16.0 Å². The van der Waals surface area contributed by atoms with Crippen LogP contribution in [0.1, 0.15) is 39.5 Å². The van der Waals surface area contributed by atoms with Gasteiger partial charge in [0, 0.05) is 18.9 Å². The van der Waals surface area contributed by atoms with Crippen LogP contribution in [0.25, 0.3) is 0 Å². The van der Waals surface area contributed by atoms with Gasteiger partial charge in [0.2, 0.25) is 5.91 Å². The summed E-state index contributed by atoms with van der Waals surface area (Å²) in [6.07, 6.45) is 2.98. The molecule has 0 saturated carbocycles. The molecule has 0 aliphatic carbocycles. The minimum absolute atomic E-state index is 0.0629. The summed E-state index contributed by atoms with van der Waals surface area (Å²) in [5.74, 6) is 0.00158. The molecule has 1 atom stereocenters. The molecule has 21 heavy (non-hydrogen) atoms. The second-order valence-electron chi connectivity index (χ2n) is 6.33. The molecule has 7 heteroatoms. The number of quaternary nitrogens is 1. The molecule has 0 heterocycles. The van der Waals surface area contributed by atoms with Crippen molar-refractivity contribution in [3.63, 3.8) is 0 Å². The monoisotopic (exact) mass is 323 g/mol. The Bertz CT molecular complexity index is 407. The first-order chi connectivity index (χ1) is 9.57. The smallest absolute Gasteiger partial charge is 0.264 e. The van der Waals surface area contributed by atoms with Crippen molar-refractivity contribution in [1.82, 2.24) is 5.32 Å². The normalized spacial score (nSPS) is 14.0. The predicted octanol–water partition coefficient (Wildman–Crippen LogP) is 1.28. The van der Waals surface area contributed by atoms with Crippen molar-refractivity contribution in [2.45, 2.75) is 39.5 Å². The maximum atomic E-state index is 11.6. The molecule has 0 aromatic rings. The molecule has 0 aromatic heterocycles. The van der Waals surface area contributed by atoms with E-state index in [1.54, 1.807) is 0 Å². The van der Waals surface area contributed by atoms with Crippen molar-refractivity contribution < 1.29 is 22.2 Å². The van der Waals surface area contributed by atoms with Gasteiger partial charge in [0.1, 0.15) is 0 Å². The molecule has 6 nitrogen and oxygen atoms in total. The molecule has 0 aliphatic heterocycles. The molecule has 0 aliphatic rings. The third kappa shape index (κ3) is 11.7. The van der Waals surface area contributed by atoms with Gasteiger partial charge in [0.05, 0.1) is 32.9 Å². The summed E-state index contributed by atoms with van der Waals surface area (Å²) in [4.78, 5) is 11.6.